The number of rotatable bonds is 5. The lowest BCUT2D eigenvalue weighted by molar-refractivity contribution is -0.122. The number of nitrogens with one attached hydrogen (secondary N) is 1. The average molecular weight is 395 g/mol. The predicted molar refractivity (Wildman–Crippen MR) is 111 cm³/mol. The van der Waals surface area contributed by atoms with E-state index in [9.17, 15) is 9.59 Å². The van der Waals surface area contributed by atoms with Crippen molar-refractivity contribution < 1.29 is 4.79 Å². The number of carbonyl (C=O) groups is 1. The summed E-state index contributed by atoms with van der Waals surface area (Å²) in [6.07, 6.45) is 2.62. The number of anilines is 1. The number of nitrogens with zero attached hydrogens (tertiary/aromatic N) is 3. The summed E-state index contributed by atoms with van der Waals surface area (Å²) in [5, 5.41) is 9.11. The van der Waals surface area contributed by atoms with Crippen LogP contribution in [0, 0.1) is 0 Å². The van der Waals surface area contributed by atoms with E-state index < -0.39 is 0 Å². The molecule has 0 bridgehead atoms. The van der Waals surface area contributed by atoms with E-state index in [2.05, 4.69) is 33.5 Å². The molecule has 1 atom stereocenters. The third-order valence-electron chi connectivity index (χ3n) is 4.99. The summed E-state index contributed by atoms with van der Waals surface area (Å²) in [6.45, 7) is 3.45. The molecular weight excluding hydrogens is 372 g/mol. The van der Waals surface area contributed by atoms with Gasteiger partial charge in [0.25, 0.3) is 5.56 Å². The molecular formula is C21H22N4O2S. The second-order valence-electron chi connectivity index (χ2n) is 6.95. The maximum atomic E-state index is 12.5. The highest BCUT2D eigenvalue weighted by atomic mass is 32.1. The van der Waals surface area contributed by atoms with Crippen molar-refractivity contribution in [1.29, 1.82) is 0 Å². The van der Waals surface area contributed by atoms with Crippen molar-refractivity contribution in [2.24, 2.45) is 0 Å². The SMILES string of the molecule is C[C@H](NC(=O)Cn1ncc(N2CCc3ccccc3C2)cc1=O)c1cccs1. The minimum Gasteiger partial charge on any atom is -0.365 e. The molecule has 0 saturated carbocycles. The van der Waals surface area contributed by atoms with Gasteiger partial charge in [0.05, 0.1) is 17.9 Å². The van der Waals surface area contributed by atoms with Gasteiger partial charge in [0.2, 0.25) is 5.91 Å². The van der Waals surface area contributed by atoms with E-state index in [-0.39, 0.29) is 24.1 Å². The summed E-state index contributed by atoms with van der Waals surface area (Å²) in [4.78, 5) is 28.0. The average Bonchev–Trinajstić information content (AvgIpc) is 3.24. The molecule has 0 radical (unpaired) electrons. The first-order chi connectivity index (χ1) is 13.6. The van der Waals surface area contributed by atoms with Crippen molar-refractivity contribution in [3.05, 3.63) is 80.4 Å². The minimum atomic E-state index is -0.268. The zero-order chi connectivity index (χ0) is 19.5. The van der Waals surface area contributed by atoms with Crippen LogP contribution in [0.15, 0.2) is 58.8 Å². The Hall–Kier alpha value is -2.93. The Labute approximate surface area is 167 Å². The number of thiophene rings is 1. The standard InChI is InChI=1S/C21H22N4O2S/c1-15(19-7-4-10-28-19)23-20(26)14-25-21(27)11-18(12-22-25)24-9-8-16-5-2-3-6-17(16)13-24/h2-7,10-12,15H,8-9,13-14H2,1H3,(H,23,26)/t15-/m0/s1. The summed E-state index contributed by atoms with van der Waals surface area (Å²) in [7, 11) is 0. The number of carbonyl (C=O) groups excluding carboxylic acids is 1. The largest absolute Gasteiger partial charge is 0.365 e. The van der Waals surface area contributed by atoms with Crippen LogP contribution in [0.2, 0.25) is 0 Å². The van der Waals surface area contributed by atoms with Crippen LogP contribution >= 0.6 is 11.3 Å². The van der Waals surface area contributed by atoms with Gasteiger partial charge in [-0.05, 0) is 35.9 Å². The smallest absolute Gasteiger partial charge is 0.269 e. The molecule has 1 aromatic carbocycles. The fraction of sp³-hybridized carbons (Fsp3) is 0.286. The Morgan fingerprint density at radius 2 is 2.07 bits per heavy atom. The lowest BCUT2D eigenvalue weighted by Crippen LogP contribution is -2.36. The van der Waals surface area contributed by atoms with Gasteiger partial charge in [-0.3, -0.25) is 9.59 Å². The van der Waals surface area contributed by atoms with Crippen LogP contribution in [-0.4, -0.2) is 22.2 Å². The predicted octanol–water partition coefficient (Wildman–Crippen LogP) is 2.74. The van der Waals surface area contributed by atoms with Crippen LogP contribution in [0.4, 0.5) is 5.69 Å². The topological polar surface area (TPSA) is 67.2 Å². The van der Waals surface area contributed by atoms with Crippen molar-refractivity contribution in [2.75, 3.05) is 11.4 Å². The van der Waals surface area contributed by atoms with E-state index in [1.165, 1.54) is 15.8 Å². The van der Waals surface area contributed by atoms with Crippen LogP contribution in [0.1, 0.15) is 29.0 Å². The van der Waals surface area contributed by atoms with E-state index in [1.807, 2.05) is 30.5 Å². The second kappa shape index (κ2) is 7.98. The number of amides is 1. The molecule has 0 aliphatic carbocycles. The molecule has 3 aromatic rings. The highest BCUT2D eigenvalue weighted by Crippen LogP contribution is 2.23. The molecule has 6 nitrogen and oxygen atoms in total. The number of hydrogen-bond donors (Lipinski definition) is 1. The van der Waals surface area contributed by atoms with Gasteiger partial charge in [0, 0.05) is 24.0 Å². The van der Waals surface area contributed by atoms with Crippen molar-refractivity contribution >= 4 is 22.9 Å². The van der Waals surface area contributed by atoms with Crippen LogP contribution in [0.25, 0.3) is 0 Å². The number of fused-ring (bicyclic) bond motifs is 1. The number of hydrogen-bond acceptors (Lipinski definition) is 5. The van der Waals surface area contributed by atoms with Crippen molar-refractivity contribution in [2.45, 2.75) is 32.5 Å². The first-order valence-corrected chi connectivity index (χ1v) is 10.2. The molecule has 144 valence electrons. The third-order valence-corrected chi connectivity index (χ3v) is 6.05. The molecule has 1 N–H and O–H groups in total. The summed E-state index contributed by atoms with van der Waals surface area (Å²) in [5.74, 6) is -0.227. The van der Waals surface area contributed by atoms with Crippen LogP contribution in [-0.2, 0) is 24.3 Å². The minimum absolute atomic E-state index is 0.0857. The molecule has 28 heavy (non-hydrogen) atoms. The van der Waals surface area contributed by atoms with E-state index >= 15 is 0 Å². The maximum absolute atomic E-state index is 12.5. The molecule has 0 unspecified atom stereocenters. The highest BCUT2D eigenvalue weighted by molar-refractivity contribution is 7.10. The zero-order valence-electron chi connectivity index (χ0n) is 15.7. The molecule has 1 aliphatic heterocycles. The van der Waals surface area contributed by atoms with Gasteiger partial charge in [-0.25, -0.2) is 4.68 Å². The normalized spacial score (nSPS) is 14.4. The fourth-order valence-electron chi connectivity index (χ4n) is 3.46. The summed E-state index contributed by atoms with van der Waals surface area (Å²) < 4.78 is 1.21. The fourth-order valence-corrected chi connectivity index (χ4v) is 4.20. The van der Waals surface area contributed by atoms with Crippen LogP contribution in [0.3, 0.4) is 0 Å². The van der Waals surface area contributed by atoms with Crippen molar-refractivity contribution in [3.63, 3.8) is 0 Å². The van der Waals surface area contributed by atoms with Gasteiger partial charge < -0.3 is 10.2 Å². The summed E-state index contributed by atoms with van der Waals surface area (Å²) >= 11 is 1.59. The van der Waals surface area contributed by atoms with Crippen LogP contribution in [0.5, 0.6) is 0 Å². The van der Waals surface area contributed by atoms with Crippen molar-refractivity contribution in [3.8, 4) is 0 Å². The molecule has 0 spiro atoms. The Kier molecular flexibility index (Phi) is 5.25. The summed E-state index contributed by atoms with van der Waals surface area (Å²) in [6, 6.07) is 13.8. The Morgan fingerprint density at radius 3 is 2.82 bits per heavy atom. The second-order valence-corrected chi connectivity index (χ2v) is 7.93. The first-order valence-electron chi connectivity index (χ1n) is 9.32. The Morgan fingerprint density at radius 1 is 1.25 bits per heavy atom. The van der Waals surface area contributed by atoms with Gasteiger partial charge in [0.1, 0.15) is 6.54 Å². The third kappa shape index (κ3) is 3.99. The van der Waals surface area contributed by atoms with Crippen molar-refractivity contribution in [1.82, 2.24) is 15.1 Å². The van der Waals surface area contributed by atoms with E-state index in [4.69, 9.17) is 0 Å². The van der Waals surface area contributed by atoms with Gasteiger partial charge in [-0.1, -0.05) is 30.3 Å². The first kappa shape index (κ1) is 18.4. The molecule has 3 heterocycles. The van der Waals surface area contributed by atoms with E-state index in [1.54, 1.807) is 23.6 Å². The summed E-state index contributed by atoms with van der Waals surface area (Å²) in [5.41, 5.74) is 3.16. The number of benzene rings is 1. The van der Waals surface area contributed by atoms with Gasteiger partial charge in [-0.2, -0.15) is 5.10 Å². The van der Waals surface area contributed by atoms with E-state index in [0.29, 0.717) is 0 Å². The molecule has 2 aromatic heterocycles. The lowest BCUT2D eigenvalue weighted by atomic mass is 10.00. The van der Waals surface area contributed by atoms with Gasteiger partial charge >= 0.3 is 0 Å². The maximum Gasteiger partial charge on any atom is 0.269 e. The highest BCUT2D eigenvalue weighted by Gasteiger charge is 2.18. The number of aromatic nitrogens is 2. The van der Waals surface area contributed by atoms with E-state index in [0.717, 1.165) is 30.1 Å². The lowest BCUT2D eigenvalue weighted by Gasteiger charge is -2.30. The van der Waals surface area contributed by atoms with Crippen LogP contribution < -0.4 is 15.8 Å². The quantitative estimate of drug-likeness (QED) is 0.723. The zero-order valence-corrected chi connectivity index (χ0v) is 16.5. The molecule has 0 saturated heterocycles. The monoisotopic (exact) mass is 394 g/mol. The molecule has 4 rings (SSSR count). The van der Waals surface area contributed by atoms with Gasteiger partial charge in [0.15, 0.2) is 0 Å². The van der Waals surface area contributed by atoms with Gasteiger partial charge in [-0.15, -0.1) is 11.3 Å². The Bertz CT molecular complexity index is 1030. The molecule has 0 fully saturated rings. The Balaban J connectivity index is 1.42. The molecule has 1 aliphatic rings. The molecule has 1 amide bonds. The molecule has 7 heteroatoms.